The van der Waals surface area contributed by atoms with Crippen molar-refractivity contribution in [3.05, 3.63) is 66.4 Å². The van der Waals surface area contributed by atoms with E-state index < -0.39 is 10.0 Å². The Morgan fingerprint density at radius 3 is 2.67 bits per heavy atom. The van der Waals surface area contributed by atoms with Gasteiger partial charge >= 0.3 is 0 Å². The molecule has 0 radical (unpaired) electrons. The predicted octanol–water partition coefficient (Wildman–Crippen LogP) is 4.22. The molecule has 4 aromatic rings. The van der Waals surface area contributed by atoms with E-state index in [4.69, 9.17) is 5.10 Å². The first-order valence-corrected chi connectivity index (χ1v) is 13.6. The molecule has 10 heteroatoms. The van der Waals surface area contributed by atoms with Crippen molar-refractivity contribution in [2.45, 2.75) is 26.2 Å². The van der Waals surface area contributed by atoms with E-state index in [0.717, 1.165) is 53.0 Å². The number of nitrogens with zero attached hydrogens (tertiary/aromatic N) is 5. The average Bonchev–Trinajstić information content (AvgIpc) is 3.14. The largest absolute Gasteiger partial charge is 0.323 e. The molecule has 0 atom stereocenters. The fourth-order valence-corrected chi connectivity index (χ4v) is 5.09. The Labute approximate surface area is 210 Å². The zero-order chi connectivity index (χ0) is 25.4. The molecule has 0 bridgehead atoms. The number of para-hydroxylation sites is 1. The fourth-order valence-electron chi connectivity index (χ4n) is 4.57. The van der Waals surface area contributed by atoms with E-state index in [1.165, 1.54) is 17.6 Å². The van der Waals surface area contributed by atoms with Gasteiger partial charge in [-0.1, -0.05) is 24.3 Å². The van der Waals surface area contributed by atoms with Gasteiger partial charge < -0.3 is 10.2 Å². The first-order valence-electron chi connectivity index (χ1n) is 11.8. The van der Waals surface area contributed by atoms with Gasteiger partial charge in [-0.2, -0.15) is 0 Å². The number of amides is 1. The summed E-state index contributed by atoms with van der Waals surface area (Å²) in [4.78, 5) is 18.5. The zero-order valence-electron chi connectivity index (χ0n) is 20.5. The zero-order valence-corrected chi connectivity index (χ0v) is 21.3. The van der Waals surface area contributed by atoms with Gasteiger partial charge in [-0.05, 0) is 55.2 Å². The second-order valence-corrected chi connectivity index (χ2v) is 11.0. The minimum Gasteiger partial charge on any atom is -0.323 e. The van der Waals surface area contributed by atoms with Crippen molar-refractivity contribution < 1.29 is 13.2 Å². The molecule has 1 amide bonds. The topological polar surface area (TPSA) is 99.9 Å². The molecule has 5 rings (SSSR count). The molecule has 1 N–H and O–H groups in total. The number of sulfonamides is 1. The van der Waals surface area contributed by atoms with Crippen LogP contribution < -0.4 is 14.5 Å². The van der Waals surface area contributed by atoms with Gasteiger partial charge in [0.2, 0.25) is 21.9 Å². The Bertz CT molecular complexity index is 1560. The smallest absolute Gasteiger partial charge is 0.245 e. The van der Waals surface area contributed by atoms with Crippen molar-refractivity contribution in [1.82, 2.24) is 14.6 Å². The van der Waals surface area contributed by atoms with Crippen LogP contribution in [-0.2, 0) is 21.2 Å². The molecule has 3 heterocycles. The summed E-state index contributed by atoms with van der Waals surface area (Å²) in [5.41, 5.74) is 5.67. The minimum absolute atomic E-state index is 0.0303. The SMILES string of the molecule is CC(=O)N1CCCCc2ccc(Nc3ncc4ccc(-c5ccccc5N(C)S(C)(=O)=O)n4n3)cc21. The van der Waals surface area contributed by atoms with Gasteiger partial charge in [-0.25, -0.2) is 17.9 Å². The lowest BCUT2D eigenvalue weighted by atomic mass is 10.1. The molecule has 2 aromatic heterocycles. The van der Waals surface area contributed by atoms with Gasteiger partial charge in [0.25, 0.3) is 0 Å². The Morgan fingerprint density at radius 2 is 1.89 bits per heavy atom. The number of fused-ring (bicyclic) bond motifs is 2. The lowest BCUT2D eigenvalue weighted by Crippen LogP contribution is -2.29. The maximum atomic E-state index is 12.2. The Hall–Kier alpha value is -3.92. The van der Waals surface area contributed by atoms with Crippen LogP contribution in [0.25, 0.3) is 16.8 Å². The number of hydrogen-bond donors (Lipinski definition) is 1. The first-order chi connectivity index (χ1) is 17.2. The molecule has 1 aliphatic heterocycles. The summed E-state index contributed by atoms with van der Waals surface area (Å²) in [7, 11) is -1.91. The van der Waals surface area contributed by atoms with Crippen LogP contribution in [0.2, 0.25) is 0 Å². The van der Waals surface area contributed by atoms with Gasteiger partial charge in [0.15, 0.2) is 0 Å². The highest BCUT2D eigenvalue weighted by Crippen LogP contribution is 2.33. The molecule has 0 unspecified atom stereocenters. The molecule has 0 aliphatic carbocycles. The highest BCUT2D eigenvalue weighted by Gasteiger charge is 2.20. The molecule has 1 aliphatic rings. The van der Waals surface area contributed by atoms with Crippen molar-refractivity contribution in [3.8, 4) is 11.3 Å². The third-order valence-corrected chi connectivity index (χ3v) is 7.70. The van der Waals surface area contributed by atoms with Crippen LogP contribution in [0.15, 0.2) is 60.8 Å². The normalized spacial score (nSPS) is 13.8. The molecule has 2 aromatic carbocycles. The number of nitrogens with one attached hydrogen (secondary N) is 1. The number of carbonyl (C=O) groups is 1. The summed E-state index contributed by atoms with van der Waals surface area (Å²) in [5.74, 6) is 0.416. The molecule has 0 saturated carbocycles. The van der Waals surface area contributed by atoms with Crippen molar-refractivity contribution in [2.75, 3.05) is 34.4 Å². The van der Waals surface area contributed by atoms with Crippen molar-refractivity contribution >= 4 is 44.5 Å². The van der Waals surface area contributed by atoms with E-state index in [1.54, 1.807) is 29.8 Å². The minimum atomic E-state index is -3.44. The number of benzene rings is 2. The van der Waals surface area contributed by atoms with Crippen LogP contribution in [-0.4, -0.2) is 48.8 Å². The quantitative estimate of drug-likeness (QED) is 0.437. The second kappa shape index (κ2) is 9.27. The third kappa shape index (κ3) is 4.51. The van der Waals surface area contributed by atoms with E-state index in [2.05, 4.69) is 16.4 Å². The van der Waals surface area contributed by atoms with Gasteiger partial charge in [0.05, 0.1) is 29.4 Å². The molecule has 0 fully saturated rings. The Balaban J connectivity index is 1.53. The van der Waals surface area contributed by atoms with Crippen LogP contribution in [0.4, 0.5) is 23.0 Å². The number of anilines is 4. The number of hydrogen-bond acceptors (Lipinski definition) is 6. The van der Waals surface area contributed by atoms with Crippen LogP contribution in [0, 0.1) is 0 Å². The molecule has 0 saturated heterocycles. The van der Waals surface area contributed by atoms with Crippen molar-refractivity contribution in [1.29, 1.82) is 0 Å². The number of aromatic nitrogens is 3. The summed E-state index contributed by atoms with van der Waals surface area (Å²) in [6.45, 7) is 2.31. The van der Waals surface area contributed by atoms with Crippen LogP contribution >= 0.6 is 0 Å². The van der Waals surface area contributed by atoms with E-state index in [1.807, 2.05) is 41.3 Å². The highest BCUT2D eigenvalue weighted by atomic mass is 32.2. The van der Waals surface area contributed by atoms with Gasteiger partial charge in [0, 0.05) is 37.5 Å². The standard InChI is InChI=1S/C26H28N6O3S/c1-18(33)31-15-7-6-8-19-11-12-20(16-25(19)31)28-26-27-17-21-13-14-24(32(21)29-26)22-9-4-5-10-23(22)30(2)36(3,34)35/h4-5,9-14,16-17H,6-8,15H2,1-3H3,(H,28,29). The second-order valence-electron chi connectivity index (χ2n) is 8.98. The van der Waals surface area contributed by atoms with Crippen LogP contribution in [0.3, 0.4) is 0 Å². The molecule has 9 nitrogen and oxygen atoms in total. The van der Waals surface area contributed by atoms with E-state index in [9.17, 15) is 13.2 Å². The van der Waals surface area contributed by atoms with E-state index >= 15 is 0 Å². The maximum Gasteiger partial charge on any atom is 0.245 e. The molecular formula is C26H28N6O3S. The third-order valence-electron chi connectivity index (χ3n) is 6.51. The molecule has 36 heavy (non-hydrogen) atoms. The predicted molar refractivity (Wildman–Crippen MR) is 142 cm³/mol. The van der Waals surface area contributed by atoms with Crippen LogP contribution in [0.5, 0.6) is 0 Å². The highest BCUT2D eigenvalue weighted by molar-refractivity contribution is 7.92. The number of rotatable bonds is 5. The van der Waals surface area contributed by atoms with Crippen molar-refractivity contribution in [3.63, 3.8) is 0 Å². The average molecular weight is 505 g/mol. The van der Waals surface area contributed by atoms with Crippen molar-refractivity contribution in [2.24, 2.45) is 0 Å². The van der Waals surface area contributed by atoms with Gasteiger partial charge in [-0.15, -0.1) is 5.10 Å². The monoisotopic (exact) mass is 504 g/mol. The van der Waals surface area contributed by atoms with E-state index in [-0.39, 0.29) is 5.91 Å². The Morgan fingerprint density at radius 1 is 1.08 bits per heavy atom. The van der Waals surface area contributed by atoms with Crippen LogP contribution in [0.1, 0.15) is 25.3 Å². The summed E-state index contributed by atoms with van der Waals surface area (Å²) in [5, 5.41) is 7.97. The summed E-state index contributed by atoms with van der Waals surface area (Å²) in [6.07, 6.45) is 5.86. The molecule has 0 spiro atoms. The first kappa shape index (κ1) is 23.8. The summed E-state index contributed by atoms with van der Waals surface area (Å²) >= 11 is 0. The van der Waals surface area contributed by atoms with E-state index in [0.29, 0.717) is 18.2 Å². The van der Waals surface area contributed by atoms with Gasteiger partial charge in [0.1, 0.15) is 0 Å². The number of carbonyl (C=O) groups excluding carboxylic acids is 1. The molecular weight excluding hydrogens is 476 g/mol. The summed E-state index contributed by atoms with van der Waals surface area (Å²) in [6, 6.07) is 17.1. The fraction of sp³-hybridized carbons (Fsp3) is 0.269. The molecule has 186 valence electrons. The summed E-state index contributed by atoms with van der Waals surface area (Å²) < 4.78 is 27.5. The Kier molecular flexibility index (Phi) is 6.13. The maximum absolute atomic E-state index is 12.2. The number of aryl methyl sites for hydroxylation is 1. The lowest BCUT2D eigenvalue weighted by Gasteiger charge is -2.22. The van der Waals surface area contributed by atoms with Gasteiger partial charge in [-0.3, -0.25) is 9.10 Å². The lowest BCUT2D eigenvalue weighted by molar-refractivity contribution is -0.116.